The second kappa shape index (κ2) is 10.6. The van der Waals surface area contributed by atoms with Gasteiger partial charge in [-0.2, -0.15) is 0 Å². The van der Waals surface area contributed by atoms with Crippen molar-refractivity contribution in [3.05, 3.63) is 58.7 Å². The first-order chi connectivity index (χ1) is 14.2. The monoisotopic (exact) mass is 430 g/mol. The van der Waals surface area contributed by atoms with E-state index in [0.29, 0.717) is 29.3 Å². The van der Waals surface area contributed by atoms with Gasteiger partial charge in [0.15, 0.2) is 0 Å². The average Bonchev–Trinajstić information content (AvgIpc) is 2.70. The highest BCUT2D eigenvalue weighted by molar-refractivity contribution is 7.92. The van der Waals surface area contributed by atoms with Crippen LogP contribution in [0.3, 0.4) is 0 Å². The zero-order valence-corrected chi connectivity index (χ0v) is 19.5. The number of benzene rings is 2. The zero-order valence-electron chi connectivity index (χ0n) is 18.7. The molecule has 0 spiro atoms. The Labute approximate surface area is 181 Å². The van der Waals surface area contributed by atoms with E-state index < -0.39 is 10.0 Å². The van der Waals surface area contributed by atoms with Crippen LogP contribution in [0, 0.1) is 26.7 Å². The summed E-state index contributed by atoms with van der Waals surface area (Å²) >= 11 is 0. The largest absolute Gasteiger partial charge is 0.352 e. The molecular formula is C24H34N2O3S. The Morgan fingerprint density at radius 2 is 1.67 bits per heavy atom. The van der Waals surface area contributed by atoms with Crippen LogP contribution in [-0.4, -0.2) is 20.9 Å². The van der Waals surface area contributed by atoms with Gasteiger partial charge < -0.3 is 5.32 Å². The van der Waals surface area contributed by atoms with E-state index in [1.54, 1.807) is 31.2 Å². The Morgan fingerprint density at radius 1 is 0.967 bits per heavy atom. The third kappa shape index (κ3) is 6.33. The van der Waals surface area contributed by atoms with Crippen molar-refractivity contribution in [2.45, 2.75) is 65.2 Å². The van der Waals surface area contributed by atoms with Crippen molar-refractivity contribution < 1.29 is 13.2 Å². The van der Waals surface area contributed by atoms with Gasteiger partial charge in [0.1, 0.15) is 0 Å². The van der Waals surface area contributed by atoms with Gasteiger partial charge in [0.2, 0.25) is 0 Å². The van der Waals surface area contributed by atoms with E-state index in [4.69, 9.17) is 0 Å². The molecule has 0 aliphatic rings. The van der Waals surface area contributed by atoms with Crippen molar-refractivity contribution in [3.63, 3.8) is 0 Å². The van der Waals surface area contributed by atoms with Gasteiger partial charge in [-0.1, -0.05) is 45.2 Å². The number of aryl methyl sites for hydroxylation is 3. The molecule has 2 aromatic carbocycles. The number of carbonyl (C=O) groups is 1. The van der Waals surface area contributed by atoms with E-state index in [0.717, 1.165) is 36.8 Å². The molecule has 2 rings (SSSR count). The molecule has 2 N–H and O–H groups in total. The molecule has 5 nitrogen and oxygen atoms in total. The van der Waals surface area contributed by atoms with Crippen LogP contribution in [0.1, 0.15) is 66.6 Å². The van der Waals surface area contributed by atoms with Gasteiger partial charge in [-0.25, -0.2) is 8.42 Å². The molecule has 30 heavy (non-hydrogen) atoms. The fourth-order valence-electron chi connectivity index (χ4n) is 3.33. The summed E-state index contributed by atoms with van der Waals surface area (Å²) in [5.74, 6) is 0.196. The molecule has 164 valence electrons. The summed E-state index contributed by atoms with van der Waals surface area (Å²) in [7, 11) is -3.81. The highest BCUT2D eigenvalue weighted by atomic mass is 32.2. The lowest BCUT2D eigenvalue weighted by molar-refractivity contribution is 0.0945. The lowest BCUT2D eigenvalue weighted by Crippen LogP contribution is -2.29. The number of unbranched alkanes of at least 4 members (excludes halogenated alkanes) is 1. The quantitative estimate of drug-likeness (QED) is 0.533. The van der Waals surface area contributed by atoms with Crippen molar-refractivity contribution in [2.24, 2.45) is 5.92 Å². The number of carbonyl (C=O) groups excluding carboxylic acids is 1. The van der Waals surface area contributed by atoms with Crippen LogP contribution in [0.4, 0.5) is 5.69 Å². The Bertz CT molecular complexity index is 984. The Kier molecular flexibility index (Phi) is 8.47. The number of anilines is 1. The van der Waals surface area contributed by atoms with Crippen LogP contribution in [0.2, 0.25) is 0 Å². The molecule has 0 heterocycles. The minimum atomic E-state index is -3.81. The van der Waals surface area contributed by atoms with Crippen molar-refractivity contribution in [2.75, 3.05) is 11.3 Å². The molecule has 0 radical (unpaired) electrons. The Balaban J connectivity index is 2.18. The van der Waals surface area contributed by atoms with Gasteiger partial charge >= 0.3 is 0 Å². The van der Waals surface area contributed by atoms with Gasteiger partial charge in [0, 0.05) is 17.8 Å². The first-order valence-electron chi connectivity index (χ1n) is 10.7. The standard InChI is InChI=1S/C24H34N2O3S/c1-6-8-9-20(7-2)16-25-24(27)21-12-10-18(4)23(15-21)30(28,29)26-22-13-11-17(3)19(5)14-22/h10-15,20,26H,6-9,16H2,1-5H3,(H,25,27)/t20-/m1/s1. The molecule has 1 atom stereocenters. The predicted octanol–water partition coefficient (Wildman–Crippen LogP) is 5.36. The molecule has 6 heteroatoms. The maximum Gasteiger partial charge on any atom is 0.262 e. The average molecular weight is 431 g/mol. The van der Waals surface area contributed by atoms with Crippen LogP contribution < -0.4 is 10.0 Å². The van der Waals surface area contributed by atoms with Crippen LogP contribution in [0.5, 0.6) is 0 Å². The molecule has 0 saturated carbocycles. The number of rotatable bonds is 10. The summed E-state index contributed by atoms with van der Waals surface area (Å²) in [5, 5.41) is 2.97. The maximum absolute atomic E-state index is 13.0. The second-order valence-corrected chi connectivity index (χ2v) is 9.66. The van der Waals surface area contributed by atoms with Crippen molar-refractivity contribution in [1.29, 1.82) is 0 Å². The molecular weight excluding hydrogens is 396 g/mol. The summed E-state index contributed by atoms with van der Waals surface area (Å²) in [6, 6.07) is 10.2. The molecule has 0 fully saturated rings. The molecule has 0 aliphatic carbocycles. The Hall–Kier alpha value is -2.34. The van der Waals surface area contributed by atoms with E-state index in [2.05, 4.69) is 23.9 Å². The van der Waals surface area contributed by atoms with E-state index in [1.807, 2.05) is 19.9 Å². The molecule has 2 aromatic rings. The topological polar surface area (TPSA) is 75.3 Å². The minimum Gasteiger partial charge on any atom is -0.352 e. The van der Waals surface area contributed by atoms with E-state index in [1.165, 1.54) is 6.07 Å². The minimum absolute atomic E-state index is 0.117. The number of amides is 1. The summed E-state index contributed by atoms with van der Waals surface area (Å²) in [5.41, 5.74) is 3.56. The Morgan fingerprint density at radius 3 is 2.30 bits per heavy atom. The molecule has 0 saturated heterocycles. The maximum atomic E-state index is 13.0. The highest BCUT2D eigenvalue weighted by Gasteiger charge is 2.20. The van der Waals surface area contributed by atoms with E-state index in [-0.39, 0.29) is 10.8 Å². The normalized spacial score (nSPS) is 12.4. The first-order valence-corrected chi connectivity index (χ1v) is 12.1. The van der Waals surface area contributed by atoms with Crippen LogP contribution in [-0.2, 0) is 10.0 Å². The fourth-order valence-corrected chi connectivity index (χ4v) is 4.65. The molecule has 0 aliphatic heterocycles. The van der Waals surface area contributed by atoms with Gasteiger partial charge in [-0.15, -0.1) is 0 Å². The molecule has 0 aromatic heterocycles. The summed E-state index contributed by atoms with van der Waals surface area (Å²) < 4.78 is 28.6. The smallest absolute Gasteiger partial charge is 0.262 e. The van der Waals surface area contributed by atoms with Gasteiger partial charge in [0.05, 0.1) is 4.90 Å². The fraction of sp³-hybridized carbons (Fsp3) is 0.458. The SMILES string of the molecule is CCCC[C@@H](CC)CNC(=O)c1ccc(C)c(S(=O)(=O)Nc2ccc(C)c(C)c2)c1. The second-order valence-electron chi connectivity index (χ2n) is 8.01. The number of nitrogens with one attached hydrogen (secondary N) is 2. The van der Waals surface area contributed by atoms with E-state index in [9.17, 15) is 13.2 Å². The number of hydrogen-bond acceptors (Lipinski definition) is 3. The van der Waals surface area contributed by atoms with Crippen LogP contribution in [0.15, 0.2) is 41.3 Å². The van der Waals surface area contributed by atoms with Gasteiger partial charge in [0.25, 0.3) is 15.9 Å². The van der Waals surface area contributed by atoms with Gasteiger partial charge in [-0.05, 0) is 74.1 Å². The summed E-state index contributed by atoms with van der Waals surface area (Å²) in [6.07, 6.45) is 4.37. The lowest BCUT2D eigenvalue weighted by atomic mass is 9.99. The van der Waals surface area contributed by atoms with E-state index >= 15 is 0 Å². The van der Waals surface area contributed by atoms with Gasteiger partial charge in [-0.3, -0.25) is 9.52 Å². The van der Waals surface area contributed by atoms with Crippen molar-refractivity contribution in [3.8, 4) is 0 Å². The van der Waals surface area contributed by atoms with Crippen LogP contribution in [0.25, 0.3) is 0 Å². The zero-order chi connectivity index (χ0) is 22.3. The van der Waals surface area contributed by atoms with Crippen molar-refractivity contribution >= 4 is 21.6 Å². The first kappa shape index (κ1) is 23.9. The number of hydrogen-bond donors (Lipinski definition) is 2. The third-order valence-electron chi connectivity index (χ3n) is 5.59. The third-order valence-corrected chi connectivity index (χ3v) is 7.12. The molecule has 0 unspecified atom stereocenters. The molecule has 0 bridgehead atoms. The summed E-state index contributed by atoms with van der Waals surface area (Å²) in [4.78, 5) is 12.8. The molecule has 1 amide bonds. The number of sulfonamides is 1. The highest BCUT2D eigenvalue weighted by Crippen LogP contribution is 2.22. The lowest BCUT2D eigenvalue weighted by Gasteiger charge is -2.16. The predicted molar refractivity (Wildman–Crippen MR) is 124 cm³/mol. The van der Waals surface area contributed by atoms with Crippen molar-refractivity contribution in [1.82, 2.24) is 5.32 Å². The van der Waals surface area contributed by atoms with Crippen LogP contribution >= 0.6 is 0 Å². The summed E-state index contributed by atoms with van der Waals surface area (Å²) in [6.45, 7) is 10.5.